The predicted molar refractivity (Wildman–Crippen MR) is 136 cm³/mol. The Bertz CT molecular complexity index is 1370. The molecule has 0 aliphatic carbocycles. The molecule has 0 aromatic heterocycles. The summed E-state index contributed by atoms with van der Waals surface area (Å²) in [5, 5.41) is 3.75. The summed E-state index contributed by atoms with van der Waals surface area (Å²) >= 11 is 7.94. The van der Waals surface area contributed by atoms with E-state index in [4.69, 9.17) is 16.6 Å². The molecular weight excluding hydrogens is 448 g/mol. The molecule has 4 aromatic rings. The van der Waals surface area contributed by atoms with Gasteiger partial charge in [0.25, 0.3) is 5.91 Å². The van der Waals surface area contributed by atoms with Gasteiger partial charge in [-0.2, -0.15) is 0 Å². The first-order chi connectivity index (χ1) is 16.1. The smallest absolute Gasteiger partial charge is 0.251 e. The highest BCUT2D eigenvalue weighted by molar-refractivity contribution is 7.99. The van der Waals surface area contributed by atoms with E-state index in [9.17, 15) is 4.79 Å². The van der Waals surface area contributed by atoms with Crippen LogP contribution in [-0.2, 0) is 0 Å². The Kier molecular flexibility index (Phi) is 6.03. The molecule has 4 aromatic carbocycles. The first kappa shape index (κ1) is 21.5. The van der Waals surface area contributed by atoms with Crippen molar-refractivity contribution in [3.05, 3.63) is 124 Å². The van der Waals surface area contributed by atoms with Crippen LogP contribution in [-0.4, -0.2) is 11.6 Å². The molecule has 0 saturated heterocycles. The average molecular weight is 469 g/mol. The van der Waals surface area contributed by atoms with Gasteiger partial charge in [-0.25, -0.2) is 4.99 Å². The van der Waals surface area contributed by atoms with Crippen LogP contribution in [0.2, 0.25) is 5.02 Å². The fourth-order valence-corrected chi connectivity index (χ4v) is 5.04. The lowest BCUT2D eigenvalue weighted by Crippen LogP contribution is -2.26. The van der Waals surface area contributed by atoms with Crippen LogP contribution in [0.5, 0.6) is 0 Å². The first-order valence-electron chi connectivity index (χ1n) is 10.7. The maximum Gasteiger partial charge on any atom is 0.251 e. The summed E-state index contributed by atoms with van der Waals surface area (Å²) in [4.78, 5) is 20.2. The summed E-state index contributed by atoms with van der Waals surface area (Å²) in [6, 6.07) is 31.5. The van der Waals surface area contributed by atoms with Crippen molar-refractivity contribution in [2.75, 3.05) is 0 Å². The number of rotatable bonds is 4. The van der Waals surface area contributed by atoms with Crippen molar-refractivity contribution in [1.82, 2.24) is 5.32 Å². The molecule has 5 heteroatoms. The van der Waals surface area contributed by atoms with Crippen LogP contribution < -0.4 is 5.32 Å². The molecule has 0 radical (unpaired) electrons. The van der Waals surface area contributed by atoms with E-state index >= 15 is 0 Å². The van der Waals surface area contributed by atoms with E-state index in [2.05, 4.69) is 17.4 Å². The number of amides is 1. The number of carbonyl (C=O) groups is 1. The molecule has 162 valence electrons. The summed E-state index contributed by atoms with van der Waals surface area (Å²) in [5.41, 5.74) is 5.24. The fraction of sp³-hybridized carbons (Fsp3) is 0.0714. The third-order valence-corrected chi connectivity index (χ3v) is 6.94. The van der Waals surface area contributed by atoms with E-state index in [-0.39, 0.29) is 11.9 Å². The number of benzene rings is 4. The maximum atomic E-state index is 13.0. The first-order valence-corrected chi connectivity index (χ1v) is 11.9. The van der Waals surface area contributed by atoms with Gasteiger partial charge in [-0.3, -0.25) is 4.79 Å². The van der Waals surface area contributed by atoms with Gasteiger partial charge in [0.05, 0.1) is 17.4 Å². The molecule has 1 unspecified atom stereocenters. The molecule has 1 heterocycles. The number of nitrogens with zero attached hydrogens (tertiary/aromatic N) is 1. The molecule has 33 heavy (non-hydrogen) atoms. The second kappa shape index (κ2) is 9.26. The Hall–Kier alpha value is -3.34. The second-order valence-corrected chi connectivity index (χ2v) is 9.38. The van der Waals surface area contributed by atoms with Crippen LogP contribution in [0.1, 0.15) is 40.0 Å². The number of aliphatic imine (C=N–C) groups is 1. The summed E-state index contributed by atoms with van der Waals surface area (Å²) in [5.74, 6) is -0.125. The van der Waals surface area contributed by atoms with E-state index < -0.39 is 0 Å². The third-order valence-electron chi connectivity index (χ3n) is 5.56. The molecular formula is C28H21ClN2OS. The molecule has 1 amide bonds. The lowest BCUT2D eigenvalue weighted by atomic mass is 10.0. The Morgan fingerprint density at radius 2 is 1.67 bits per heavy atom. The molecule has 5 rings (SSSR count). The van der Waals surface area contributed by atoms with E-state index in [1.54, 1.807) is 11.8 Å². The zero-order valence-electron chi connectivity index (χ0n) is 18.0. The van der Waals surface area contributed by atoms with Crippen molar-refractivity contribution >= 4 is 40.7 Å². The van der Waals surface area contributed by atoms with Crippen LogP contribution in [0.3, 0.4) is 0 Å². The molecule has 1 N–H and O–H groups in total. The second-order valence-electron chi connectivity index (χ2n) is 7.86. The van der Waals surface area contributed by atoms with Gasteiger partial charge in [0.1, 0.15) is 0 Å². The molecule has 1 atom stereocenters. The zero-order chi connectivity index (χ0) is 22.8. The highest BCUT2D eigenvalue weighted by atomic mass is 35.5. The molecule has 0 spiro atoms. The van der Waals surface area contributed by atoms with Gasteiger partial charge in [0.15, 0.2) is 0 Å². The lowest BCUT2D eigenvalue weighted by Gasteiger charge is -2.15. The Labute approximate surface area is 202 Å². The lowest BCUT2D eigenvalue weighted by molar-refractivity contribution is 0.0940. The van der Waals surface area contributed by atoms with Crippen molar-refractivity contribution in [3.63, 3.8) is 0 Å². The Morgan fingerprint density at radius 3 is 2.48 bits per heavy atom. The fourth-order valence-electron chi connectivity index (χ4n) is 3.84. The third kappa shape index (κ3) is 4.58. The molecule has 0 fully saturated rings. The van der Waals surface area contributed by atoms with Crippen LogP contribution in [0.15, 0.2) is 112 Å². The highest BCUT2D eigenvalue weighted by Gasteiger charge is 2.20. The van der Waals surface area contributed by atoms with Crippen LogP contribution in [0, 0.1) is 0 Å². The SMILES string of the molecule is CC(NC(=O)c1ccc2c(c1)N=C(c1cccc(Cl)c1)c1ccccc1S2)c1ccccc1. The predicted octanol–water partition coefficient (Wildman–Crippen LogP) is 7.46. The minimum atomic E-state index is -0.125. The summed E-state index contributed by atoms with van der Waals surface area (Å²) in [6.45, 7) is 1.98. The van der Waals surface area contributed by atoms with Gasteiger partial charge in [-0.1, -0.05) is 84.0 Å². The number of carbonyl (C=O) groups excluding carboxylic acids is 1. The van der Waals surface area contributed by atoms with E-state index in [1.807, 2.05) is 91.9 Å². The summed E-state index contributed by atoms with van der Waals surface area (Å²) < 4.78 is 0. The topological polar surface area (TPSA) is 41.5 Å². The molecule has 0 bridgehead atoms. The quantitative estimate of drug-likeness (QED) is 0.297. The van der Waals surface area contributed by atoms with Gasteiger partial charge in [-0.05, 0) is 48.9 Å². The van der Waals surface area contributed by atoms with Crippen molar-refractivity contribution in [1.29, 1.82) is 0 Å². The number of nitrogens with one attached hydrogen (secondary N) is 1. The maximum absolute atomic E-state index is 13.0. The van der Waals surface area contributed by atoms with Crippen molar-refractivity contribution < 1.29 is 4.79 Å². The molecule has 1 aliphatic rings. The van der Waals surface area contributed by atoms with Gasteiger partial charge < -0.3 is 5.32 Å². The van der Waals surface area contributed by atoms with E-state index in [0.717, 1.165) is 37.9 Å². The van der Waals surface area contributed by atoms with Gasteiger partial charge in [0, 0.05) is 31.5 Å². The average Bonchev–Trinajstić information content (AvgIpc) is 3.01. The largest absolute Gasteiger partial charge is 0.346 e. The number of halogens is 1. The highest BCUT2D eigenvalue weighted by Crippen LogP contribution is 2.41. The summed E-state index contributed by atoms with van der Waals surface area (Å²) in [7, 11) is 0. The van der Waals surface area contributed by atoms with Gasteiger partial charge >= 0.3 is 0 Å². The standard InChI is InChI=1S/C28H21ClN2OS/c1-18(19-8-3-2-4-9-19)30-28(32)21-14-15-26-24(17-21)31-27(20-10-7-11-22(29)16-20)23-12-5-6-13-25(23)33-26/h2-18H,1H3,(H,30,32). The molecule has 0 saturated carbocycles. The van der Waals surface area contributed by atoms with Crippen LogP contribution in [0.25, 0.3) is 0 Å². The number of fused-ring (bicyclic) bond motifs is 2. The van der Waals surface area contributed by atoms with Crippen molar-refractivity contribution in [3.8, 4) is 0 Å². The normalized spacial score (nSPS) is 13.2. The van der Waals surface area contributed by atoms with Gasteiger partial charge in [-0.15, -0.1) is 0 Å². The molecule has 3 nitrogen and oxygen atoms in total. The monoisotopic (exact) mass is 468 g/mol. The van der Waals surface area contributed by atoms with Crippen LogP contribution in [0.4, 0.5) is 5.69 Å². The minimum absolute atomic E-state index is 0.0957. The zero-order valence-corrected chi connectivity index (χ0v) is 19.5. The Morgan fingerprint density at radius 1 is 0.879 bits per heavy atom. The minimum Gasteiger partial charge on any atom is -0.346 e. The van der Waals surface area contributed by atoms with E-state index in [0.29, 0.717) is 10.6 Å². The van der Waals surface area contributed by atoms with Crippen molar-refractivity contribution in [2.45, 2.75) is 22.8 Å². The molecule has 1 aliphatic heterocycles. The number of hydrogen-bond donors (Lipinski definition) is 1. The van der Waals surface area contributed by atoms with Crippen LogP contribution >= 0.6 is 23.4 Å². The van der Waals surface area contributed by atoms with Gasteiger partial charge in [0.2, 0.25) is 0 Å². The summed E-state index contributed by atoms with van der Waals surface area (Å²) in [6.07, 6.45) is 0. The number of hydrogen-bond acceptors (Lipinski definition) is 3. The van der Waals surface area contributed by atoms with Crippen molar-refractivity contribution in [2.24, 2.45) is 4.99 Å². The Balaban J connectivity index is 1.53. The van der Waals surface area contributed by atoms with E-state index in [1.165, 1.54) is 0 Å².